The summed E-state index contributed by atoms with van der Waals surface area (Å²) in [5, 5.41) is 4.18. The lowest BCUT2D eigenvalue weighted by molar-refractivity contribution is 0.0599. The summed E-state index contributed by atoms with van der Waals surface area (Å²) in [6.45, 7) is 0.505. The Hall–Kier alpha value is -3.75. The molecule has 4 rings (SSSR count). The van der Waals surface area contributed by atoms with E-state index in [-0.39, 0.29) is 11.7 Å². The average Bonchev–Trinajstić information content (AvgIpc) is 2.83. The van der Waals surface area contributed by atoms with E-state index in [1.54, 1.807) is 48.7 Å². The number of amides is 1. The second-order valence-electron chi connectivity index (χ2n) is 7.40. The zero-order chi connectivity index (χ0) is 22.0. The van der Waals surface area contributed by atoms with Crippen LogP contribution in [0.5, 0.6) is 5.75 Å². The fourth-order valence-corrected chi connectivity index (χ4v) is 3.83. The van der Waals surface area contributed by atoms with Crippen molar-refractivity contribution >= 4 is 5.91 Å². The van der Waals surface area contributed by atoms with Crippen LogP contribution in [0.3, 0.4) is 0 Å². The van der Waals surface area contributed by atoms with Crippen molar-refractivity contribution in [3.8, 4) is 11.4 Å². The number of benzene rings is 1. The molecule has 0 radical (unpaired) electrons. The van der Waals surface area contributed by atoms with Crippen molar-refractivity contribution < 1.29 is 9.53 Å². The molecule has 0 saturated carbocycles. The first-order valence-electron chi connectivity index (χ1n) is 10.1. The Kier molecular flexibility index (Phi) is 5.66. The summed E-state index contributed by atoms with van der Waals surface area (Å²) in [6, 6.07) is 10.2. The molecule has 2 aromatic heterocycles. The summed E-state index contributed by atoms with van der Waals surface area (Å²) in [4.78, 5) is 44.8. The van der Waals surface area contributed by atoms with Crippen LogP contribution in [0.1, 0.15) is 41.4 Å². The zero-order valence-electron chi connectivity index (χ0n) is 17.4. The van der Waals surface area contributed by atoms with E-state index in [2.05, 4.69) is 10.1 Å². The van der Waals surface area contributed by atoms with Gasteiger partial charge in [-0.3, -0.25) is 19.1 Å². The van der Waals surface area contributed by atoms with Crippen LogP contribution in [0.4, 0.5) is 0 Å². The molecule has 1 saturated heterocycles. The van der Waals surface area contributed by atoms with Gasteiger partial charge in [0.2, 0.25) is 5.69 Å². The van der Waals surface area contributed by atoms with Crippen LogP contribution >= 0.6 is 0 Å². The van der Waals surface area contributed by atoms with E-state index in [0.29, 0.717) is 18.0 Å². The van der Waals surface area contributed by atoms with E-state index in [1.165, 1.54) is 7.05 Å². The topological polar surface area (TPSA) is 99.3 Å². The number of methoxy groups -OCH3 is 1. The smallest absolute Gasteiger partial charge is 0.351 e. The molecule has 3 heterocycles. The number of pyridine rings is 1. The number of rotatable bonds is 4. The van der Waals surface area contributed by atoms with Gasteiger partial charge in [0.05, 0.1) is 18.8 Å². The first-order valence-corrected chi connectivity index (χ1v) is 10.1. The number of likely N-dealkylation sites (tertiary alicyclic amines) is 1. The monoisotopic (exact) mass is 421 g/mol. The van der Waals surface area contributed by atoms with Gasteiger partial charge in [0.1, 0.15) is 5.75 Å². The third-order valence-electron chi connectivity index (χ3n) is 5.53. The summed E-state index contributed by atoms with van der Waals surface area (Å²) in [5.41, 5.74) is -0.285. The number of hydrogen-bond acceptors (Lipinski definition) is 6. The lowest BCUT2D eigenvalue weighted by Gasteiger charge is -2.35. The number of carbonyl (C=O) groups is 1. The molecule has 1 aliphatic heterocycles. The molecule has 1 amide bonds. The molecule has 31 heavy (non-hydrogen) atoms. The van der Waals surface area contributed by atoms with Crippen molar-refractivity contribution in [3.05, 3.63) is 80.9 Å². The molecule has 0 bridgehead atoms. The SMILES string of the molecule is COc1ccc(-n2nc(C(=O)N3CCCC[C@@H]3c3cccnc3)c(=O)n(C)c2=O)cc1. The summed E-state index contributed by atoms with van der Waals surface area (Å²) >= 11 is 0. The van der Waals surface area contributed by atoms with E-state index in [4.69, 9.17) is 4.74 Å². The standard InChI is InChI=1S/C22H23N5O4/c1-25-20(28)19(24-27(22(25)30)16-8-10-17(31-2)11-9-16)21(29)26-13-4-3-7-18(26)15-6-5-12-23-14-15/h5-6,8-12,14,18H,3-4,7,13H2,1-2H3/t18-/m1/s1. The van der Waals surface area contributed by atoms with Gasteiger partial charge in [-0.15, -0.1) is 0 Å². The van der Waals surface area contributed by atoms with Gasteiger partial charge in [-0.05, 0) is 55.2 Å². The zero-order valence-corrected chi connectivity index (χ0v) is 17.4. The molecule has 1 aliphatic rings. The maximum Gasteiger partial charge on any atom is 0.351 e. The lowest BCUT2D eigenvalue weighted by atomic mass is 9.96. The molecule has 1 aromatic carbocycles. The molecule has 160 valence electrons. The minimum absolute atomic E-state index is 0.192. The average molecular weight is 421 g/mol. The first kappa shape index (κ1) is 20.5. The molecule has 3 aromatic rings. The largest absolute Gasteiger partial charge is 0.497 e. The molecule has 0 N–H and O–H groups in total. The second-order valence-corrected chi connectivity index (χ2v) is 7.40. The van der Waals surface area contributed by atoms with Crippen LogP contribution in [0.15, 0.2) is 58.4 Å². The third-order valence-corrected chi connectivity index (χ3v) is 5.53. The quantitative estimate of drug-likeness (QED) is 0.636. The van der Waals surface area contributed by atoms with Crippen LogP contribution in [0, 0.1) is 0 Å². The minimum Gasteiger partial charge on any atom is -0.497 e. The molecule has 0 unspecified atom stereocenters. The molecular weight excluding hydrogens is 398 g/mol. The highest BCUT2D eigenvalue weighted by Crippen LogP contribution is 2.31. The molecular formula is C22H23N5O4. The number of piperidine rings is 1. The normalized spacial score (nSPS) is 16.2. The van der Waals surface area contributed by atoms with E-state index >= 15 is 0 Å². The predicted molar refractivity (Wildman–Crippen MR) is 113 cm³/mol. The van der Waals surface area contributed by atoms with Crippen molar-refractivity contribution in [3.63, 3.8) is 0 Å². The van der Waals surface area contributed by atoms with Gasteiger partial charge in [0.25, 0.3) is 11.5 Å². The third kappa shape index (κ3) is 3.86. The second kappa shape index (κ2) is 8.55. The number of aromatic nitrogens is 4. The van der Waals surface area contributed by atoms with Crippen LogP contribution in [-0.2, 0) is 7.05 Å². The highest BCUT2D eigenvalue weighted by atomic mass is 16.5. The van der Waals surface area contributed by atoms with E-state index in [9.17, 15) is 14.4 Å². The van der Waals surface area contributed by atoms with Gasteiger partial charge in [-0.25, -0.2) is 4.79 Å². The van der Waals surface area contributed by atoms with Crippen molar-refractivity contribution in [2.75, 3.05) is 13.7 Å². The van der Waals surface area contributed by atoms with E-state index in [1.807, 2.05) is 12.1 Å². The Bertz CT molecular complexity index is 1200. The maximum atomic E-state index is 13.4. The Morgan fingerprint density at radius 1 is 1.13 bits per heavy atom. The van der Waals surface area contributed by atoms with E-state index in [0.717, 1.165) is 34.1 Å². The van der Waals surface area contributed by atoms with Gasteiger partial charge >= 0.3 is 5.69 Å². The van der Waals surface area contributed by atoms with Gasteiger partial charge in [0, 0.05) is 26.0 Å². The summed E-state index contributed by atoms with van der Waals surface area (Å²) in [5.74, 6) is 0.127. The van der Waals surface area contributed by atoms with Crippen molar-refractivity contribution in [2.45, 2.75) is 25.3 Å². The Labute approximate surface area is 178 Å². The van der Waals surface area contributed by atoms with Crippen molar-refractivity contribution in [1.82, 2.24) is 24.2 Å². The minimum atomic E-state index is -0.713. The number of hydrogen-bond donors (Lipinski definition) is 0. The van der Waals surface area contributed by atoms with E-state index < -0.39 is 17.2 Å². The number of nitrogens with zero attached hydrogens (tertiary/aromatic N) is 5. The van der Waals surface area contributed by atoms with Gasteiger partial charge in [0.15, 0.2) is 0 Å². The van der Waals surface area contributed by atoms with Crippen LogP contribution < -0.4 is 16.0 Å². The number of carbonyl (C=O) groups excluding carboxylic acids is 1. The summed E-state index contributed by atoms with van der Waals surface area (Å²) in [6.07, 6.45) is 6.00. The maximum absolute atomic E-state index is 13.4. The van der Waals surface area contributed by atoms with Crippen molar-refractivity contribution in [2.24, 2.45) is 7.05 Å². The fraction of sp³-hybridized carbons (Fsp3) is 0.318. The fourth-order valence-electron chi connectivity index (χ4n) is 3.83. The first-order chi connectivity index (χ1) is 15.0. The summed E-state index contributed by atoms with van der Waals surface area (Å²) < 4.78 is 7.12. The van der Waals surface area contributed by atoms with Crippen LogP contribution in [0.25, 0.3) is 5.69 Å². The molecule has 9 nitrogen and oxygen atoms in total. The Morgan fingerprint density at radius 3 is 2.58 bits per heavy atom. The lowest BCUT2D eigenvalue weighted by Crippen LogP contribution is -2.47. The molecule has 0 aliphatic carbocycles. The Morgan fingerprint density at radius 2 is 1.90 bits per heavy atom. The van der Waals surface area contributed by atoms with Gasteiger partial charge < -0.3 is 9.64 Å². The Balaban J connectivity index is 1.77. The molecule has 9 heteroatoms. The van der Waals surface area contributed by atoms with Gasteiger partial charge in [-0.2, -0.15) is 9.78 Å². The molecule has 0 spiro atoms. The molecule has 1 fully saturated rings. The van der Waals surface area contributed by atoms with Crippen LogP contribution in [0.2, 0.25) is 0 Å². The van der Waals surface area contributed by atoms with Crippen molar-refractivity contribution in [1.29, 1.82) is 0 Å². The summed E-state index contributed by atoms with van der Waals surface area (Å²) in [7, 11) is 2.89. The molecule has 1 atom stereocenters. The van der Waals surface area contributed by atoms with Crippen LogP contribution in [-0.4, -0.2) is 43.8 Å². The highest BCUT2D eigenvalue weighted by Gasteiger charge is 2.32. The number of ether oxygens (including phenoxy) is 1. The predicted octanol–water partition coefficient (Wildman–Crippen LogP) is 1.70. The van der Waals surface area contributed by atoms with Gasteiger partial charge in [-0.1, -0.05) is 6.07 Å². The highest BCUT2D eigenvalue weighted by molar-refractivity contribution is 5.92.